The number of likely N-dealkylation sites (tertiary alicyclic amines) is 1. The lowest BCUT2D eigenvalue weighted by Gasteiger charge is -2.30. The lowest BCUT2D eigenvalue weighted by atomic mass is 10.1. The summed E-state index contributed by atoms with van der Waals surface area (Å²) in [5.41, 5.74) is 2.43. The molecule has 8 heteroatoms. The number of rotatable bonds is 3. The molecule has 0 spiro atoms. The summed E-state index contributed by atoms with van der Waals surface area (Å²) in [5, 5.41) is 12.1. The van der Waals surface area contributed by atoms with Gasteiger partial charge in [-0.2, -0.15) is 13.2 Å². The molecule has 1 aliphatic rings. The van der Waals surface area contributed by atoms with E-state index in [4.69, 9.17) is 0 Å². The highest BCUT2D eigenvalue weighted by molar-refractivity contribution is 5.90. The standard InChI is InChI=1S/C16H22F3N3O2/c1-10-9-11(6-7-12(10)21(2)3)20-15(24)22-8-4-5-13(22)14(23)16(17,18)19/h6-7,9,13-14,23H,4-5,8H2,1-3H3,(H,20,24)/t13-,14+/m0/s1. The highest BCUT2D eigenvalue weighted by Gasteiger charge is 2.48. The number of urea groups is 1. The van der Waals surface area contributed by atoms with E-state index in [0.717, 1.165) is 16.2 Å². The van der Waals surface area contributed by atoms with Crippen molar-refractivity contribution in [1.82, 2.24) is 4.90 Å². The summed E-state index contributed by atoms with van der Waals surface area (Å²) >= 11 is 0. The molecule has 0 saturated carbocycles. The maximum atomic E-state index is 12.7. The fraction of sp³-hybridized carbons (Fsp3) is 0.562. The predicted octanol–water partition coefficient (Wildman–Crippen LogP) is 2.98. The van der Waals surface area contributed by atoms with E-state index < -0.39 is 24.4 Å². The van der Waals surface area contributed by atoms with Crippen LogP contribution >= 0.6 is 0 Å². The molecule has 2 amide bonds. The van der Waals surface area contributed by atoms with Crippen molar-refractivity contribution in [2.75, 3.05) is 30.9 Å². The fourth-order valence-electron chi connectivity index (χ4n) is 3.02. The zero-order valence-corrected chi connectivity index (χ0v) is 13.9. The molecule has 5 nitrogen and oxygen atoms in total. The Labute approximate surface area is 139 Å². The number of carbonyl (C=O) groups is 1. The van der Waals surface area contributed by atoms with E-state index in [1.54, 1.807) is 12.1 Å². The van der Waals surface area contributed by atoms with E-state index >= 15 is 0 Å². The van der Waals surface area contributed by atoms with E-state index in [-0.39, 0.29) is 13.0 Å². The van der Waals surface area contributed by atoms with Gasteiger partial charge in [-0.3, -0.25) is 0 Å². The molecular formula is C16H22F3N3O2. The number of aliphatic hydroxyl groups excluding tert-OH is 1. The van der Waals surface area contributed by atoms with E-state index in [1.807, 2.05) is 32.0 Å². The summed E-state index contributed by atoms with van der Waals surface area (Å²) in [5.74, 6) is 0. The van der Waals surface area contributed by atoms with E-state index in [0.29, 0.717) is 12.1 Å². The monoisotopic (exact) mass is 345 g/mol. The third kappa shape index (κ3) is 3.92. The van der Waals surface area contributed by atoms with Crippen molar-refractivity contribution >= 4 is 17.4 Å². The molecule has 1 heterocycles. The highest BCUT2D eigenvalue weighted by Crippen LogP contribution is 2.31. The van der Waals surface area contributed by atoms with Crippen molar-refractivity contribution in [2.45, 2.75) is 38.1 Å². The summed E-state index contributed by atoms with van der Waals surface area (Å²) in [6.07, 6.45) is -6.70. The lowest BCUT2D eigenvalue weighted by molar-refractivity contribution is -0.216. The number of aryl methyl sites for hydroxylation is 1. The van der Waals surface area contributed by atoms with Crippen molar-refractivity contribution < 1.29 is 23.1 Å². The van der Waals surface area contributed by atoms with Crippen molar-refractivity contribution in [3.05, 3.63) is 23.8 Å². The van der Waals surface area contributed by atoms with E-state index in [1.165, 1.54) is 0 Å². The number of benzene rings is 1. The van der Waals surface area contributed by atoms with Crippen molar-refractivity contribution in [2.24, 2.45) is 0 Å². The van der Waals surface area contributed by atoms with Gasteiger partial charge in [0, 0.05) is 32.0 Å². The summed E-state index contributed by atoms with van der Waals surface area (Å²) in [6, 6.07) is 3.42. The zero-order valence-electron chi connectivity index (χ0n) is 13.9. The maximum absolute atomic E-state index is 12.7. The zero-order chi connectivity index (χ0) is 18.1. The number of amides is 2. The van der Waals surface area contributed by atoms with Gasteiger partial charge in [0.05, 0.1) is 6.04 Å². The molecule has 0 aliphatic carbocycles. The molecular weight excluding hydrogens is 323 g/mol. The second kappa shape index (κ2) is 6.88. The number of hydrogen-bond donors (Lipinski definition) is 2. The summed E-state index contributed by atoms with van der Waals surface area (Å²) in [6.45, 7) is 2.08. The van der Waals surface area contributed by atoms with Gasteiger partial charge in [-0.1, -0.05) is 0 Å². The Morgan fingerprint density at radius 3 is 2.62 bits per heavy atom. The van der Waals surface area contributed by atoms with Crippen LogP contribution in [0.2, 0.25) is 0 Å². The molecule has 0 radical (unpaired) electrons. The topological polar surface area (TPSA) is 55.8 Å². The highest BCUT2D eigenvalue weighted by atomic mass is 19.4. The molecule has 1 aromatic rings. The van der Waals surface area contributed by atoms with Gasteiger partial charge in [-0.25, -0.2) is 4.79 Å². The Hall–Kier alpha value is -1.96. The Morgan fingerprint density at radius 2 is 2.08 bits per heavy atom. The van der Waals surface area contributed by atoms with Gasteiger partial charge in [-0.15, -0.1) is 0 Å². The number of alkyl halides is 3. The predicted molar refractivity (Wildman–Crippen MR) is 86.3 cm³/mol. The molecule has 0 bridgehead atoms. The second-order valence-corrected chi connectivity index (χ2v) is 6.22. The number of carbonyl (C=O) groups excluding carboxylic acids is 1. The molecule has 1 aliphatic heterocycles. The van der Waals surface area contributed by atoms with Gasteiger partial charge in [0.2, 0.25) is 0 Å². The van der Waals surface area contributed by atoms with Gasteiger partial charge in [0.1, 0.15) is 0 Å². The largest absolute Gasteiger partial charge is 0.416 e. The number of halogens is 3. The lowest BCUT2D eigenvalue weighted by Crippen LogP contribution is -2.50. The molecule has 1 fully saturated rings. The van der Waals surface area contributed by atoms with Gasteiger partial charge in [0.15, 0.2) is 6.10 Å². The van der Waals surface area contributed by atoms with Crippen LogP contribution in [0.4, 0.5) is 29.3 Å². The Balaban J connectivity index is 2.10. The fourth-order valence-corrected chi connectivity index (χ4v) is 3.02. The maximum Gasteiger partial charge on any atom is 0.416 e. The molecule has 2 N–H and O–H groups in total. The average Bonchev–Trinajstić information content (AvgIpc) is 2.94. The van der Waals surface area contributed by atoms with Gasteiger partial charge in [-0.05, 0) is 43.5 Å². The van der Waals surface area contributed by atoms with Crippen LogP contribution in [0.3, 0.4) is 0 Å². The first-order valence-electron chi connectivity index (χ1n) is 7.71. The Kier molecular flexibility index (Phi) is 5.27. The van der Waals surface area contributed by atoms with Crippen LogP contribution < -0.4 is 10.2 Å². The SMILES string of the molecule is Cc1cc(NC(=O)N2CCC[C@H]2[C@@H](O)C(F)(F)F)ccc1N(C)C. The molecule has 2 atom stereocenters. The van der Waals surface area contributed by atoms with E-state index in [2.05, 4.69) is 5.32 Å². The third-order valence-corrected chi connectivity index (χ3v) is 4.19. The first-order valence-corrected chi connectivity index (χ1v) is 7.71. The number of nitrogens with one attached hydrogen (secondary N) is 1. The van der Waals surface area contributed by atoms with Crippen LogP contribution in [0.25, 0.3) is 0 Å². The smallest absolute Gasteiger partial charge is 0.382 e. The molecule has 0 aromatic heterocycles. The molecule has 2 rings (SSSR count). The number of anilines is 2. The molecule has 1 aromatic carbocycles. The van der Waals surface area contributed by atoms with Crippen LogP contribution in [0.5, 0.6) is 0 Å². The van der Waals surface area contributed by atoms with Crippen LogP contribution in [0.1, 0.15) is 18.4 Å². The summed E-state index contributed by atoms with van der Waals surface area (Å²) in [7, 11) is 3.79. The van der Waals surface area contributed by atoms with Gasteiger partial charge < -0.3 is 20.2 Å². The first kappa shape index (κ1) is 18.4. The molecule has 1 saturated heterocycles. The van der Waals surface area contributed by atoms with Gasteiger partial charge >= 0.3 is 12.2 Å². The third-order valence-electron chi connectivity index (χ3n) is 4.19. The normalized spacial score (nSPS) is 19.3. The van der Waals surface area contributed by atoms with Crippen molar-refractivity contribution in [3.63, 3.8) is 0 Å². The molecule has 24 heavy (non-hydrogen) atoms. The number of nitrogens with zero attached hydrogens (tertiary/aromatic N) is 2. The summed E-state index contributed by atoms with van der Waals surface area (Å²) in [4.78, 5) is 15.3. The Morgan fingerprint density at radius 1 is 1.42 bits per heavy atom. The van der Waals surface area contributed by atoms with Crippen LogP contribution in [-0.4, -0.2) is 55.0 Å². The van der Waals surface area contributed by atoms with Crippen LogP contribution in [0, 0.1) is 6.92 Å². The minimum Gasteiger partial charge on any atom is -0.382 e. The number of hydrogen-bond acceptors (Lipinski definition) is 3. The van der Waals surface area contributed by atoms with Gasteiger partial charge in [0.25, 0.3) is 0 Å². The van der Waals surface area contributed by atoms with Crippen molar-refractivity contribution in [3.8, 4) is 0 Å². The minimum atomic E-state index is -4.74. The second-order valence-electron chi connectivity index (χ2n) is 6.22. The van der Waals surface area contributed by atoms with Crippen molar-refractivity contribution in [1.29, 1.82) is 0 Å². The van der Waals surface area contributed by atoms with Crippen LogP contribution in [0.15, 0.2) is 18.2 Å². The number of aliphatic hydroxyl groups is 1. The molecule has 0 unspecified atom stereocenters. The minimum absolute atomic E-state index is 0.132. The first-order chi connectivity index (χ1) is 11.1. The Bertz CT molecular complexity index is 605. The van der Waals surface area contributed by atoms with Crippen LogP contribution in [-0.2, 0) is 0 Å². The molecule has 134 valence electrons. The quantitative estimate of drug-likeness (QED) is 0.886. The van der Waals surface area contributed by atoms with E-state index in [9.17, 15) is 23.1 Å². The summed E-state index contributed by atoms with van der Waals surface area (Å²) < 4.78 is 38.2. The average molecular weight is 345 g/mol.